The van der Waals surface area contributed by atoms with Gasteiger partial charge in [0.1, 0.15) is 11.5 Å². The summed E-state index contributed by atoms with van der Waals surface area (Å²) in [7, 11) is 0. The Bertz CT molecular complexity index is 953. The molecular formula is C17H13FN2. The molecule has 0 aliphatic carbocycles. The van der Waals surface area contributed by atoms with Gasteiger partial charge < -0.3 is 0 Å². The van der Waals surface area contributed by atoms with E-state index in [1.165, 1.54) is 6.07 Å². The van der Waals surface area contributed by atoms with E-state index in [-0.39, 0.29) is 5.82 Å². The highest BCUT2D eigenvalue weighted by molar-refractivity contribution is 6.11. The van der Waals surface area contributed by atoms with Gasteiger partial charge in [-0.15, -0.1) is 0 Å². The van der Waals surface area contributed by atoms with Gasteiger partial charge in [-0.2, -0.15) is 0 Å². The molecule has 0 fully saturated rings. The van der Waals surface area contributed by atoms with E-state index in [4.69, 9.17) is 0 Å². The molecule has 0 atom stereocenters. The molecule has 0 radical (unpaired) electrons. The smallest absolute Gasteiger partial charge is 0.145 e. The molecule has 0 unspecified atom stereocenters. The third-order valence-electron chi connectivity index (χ3n) is 3.81. The number of halogens is 1. The second-order valence-electron chi connectivity index (χ2n) is 4.96. The van der Waals surface area contributed by atoms with Crippen molar-refractivity contribution in [3.63, 3.8) is 0 Å². The van der Waals surface area contributed by atoms with Crippen LogP contribution in [0, 0.1) is 5.82 Å². The van der Waals surface area contributed by atoms with Crippen molar-refractivity contribution in [3.05, 3.63) is 60.2 Å². The minimum atomic E-state index is -0.192. The fraction of sp³-hybridized carbons (Fsp3) is 0.118. The van der Waals surface area contributed by atoms with Crippen molar-refractivity contribution < 1.29 is 4.39 Å². The summed E-state index contributed by atoms with van der Waals surface area (Å²) in [5.41, 5.74) is 2.84. The van der Waals surface area contributed by atoms with Crippen LogP contribution in [0.4, 0.5) is 4.39 Å². The quantitative estimate of drug-likeness (QED) is 0.467. The van der Waals surface area contributed by atoms with Gasteiger partial charge in [-0.1, -0.05) is 37.3 Å². The van der Waals surface area contributed by atoms with Crippen LogP contribution in [0.25, 0.3) is 27.3 Å². The molecule has 2 aromatic heterocycles. The molecule has 0 N–H and O–H groups in total. The third kappa shape index (κ3) is 1.40. The first kappa shape index (κ1) is 11.4. The lowest BCUT2D eigenvalue weighted by Gasteiger charge is -2.08. The zero-order chi connectivity index (χ0) is 13.7. The van der Waals surface area contributed by atoms with Crippen LogP contribution in [0.2, 0.25) is 0 Å². The molecular weight excluding hydrogens is 251 g/mol. The SMILES string of the molecule is CCc1cn2c3ccccc3c3c(F)cccc3c2n1. The van der Waals surface area contributed by atoms with Crippen molar-refractivity contribution in [1.29, 1.82) is 0 Å². The Balaban J connectivity index is 2.39. The number of hydrogen-bond donors (Lipinski definition) is 0. The lowest BCUT2D eigenvalue weighted by molar-refractivity contribution is 0.640. The van der Waals surface area contributed by atoms with E-state index in [2.05, 4.69) is 16.3 Å². The monoisotopic (exact) mass is 264 g/mol. The van der Waals surface area contributed by atoms with Crippen molar-refractivity contribution >= 4 is 27.3 Å². The van der Waals surface area contributed by atoms with Gasteiger partial charge in [-0.05, 0) is 18.6 Å². The van der Waals surface area contributed by atoms with Crippen molar-refractivity contribution in [2.45, 2.75) is 13.3 Å². The van der Waals surface area contributed by atoms with E-state index in [0.717, 1.165) is 34.1 Å². The number of aromatic nitrogens is 2. The van der Waals surface area contributed by atoms with Gasteiger partial charge in [0.05, 0.1) is 11.2 Å². The molecule has 4 aromatic rings. The molecule has 98 valence electrons. The number of para-hydroxylation sites is 1. The molecule has 20 heavy (non-hydrogen) atoms. The van der Waals surface area contributed by atoms with Gasteiger partial charge in [0.15, 0.2) is 0 Å². The Kier molecular flexibility index (Phi) is 2.30. The van der Waals surface area contributed by atoms with E-state index in [1.54, 1.807) is 6.07 Å². The van der Waals surface area contributed by atoms with Gasteiger partial charge in [0.2, 0.25) is 0 Å². The second kappa shape index (κ2) is 4.04. The molecule has 0 saturated carbocycles. The first-order chi connectivity index (χ1) is 9.79. The minimum Gasteiger partial charge on any atom is -0.299 e. The summed E-state index contributed by atoms with van der Waals surface area (Å²) in [6.45, 7) is 2.08. The number of pyridine rings is 1. The van der Waals surface area contributed by atoms with Crippen LogP contribution in [0.15, 0.2) is 48.7 Å². The second-order valence-corrected chi connectivity index (χ2v) is 4.96. The van der Waals surface area contributed by atoms with Crippen molar-refractivity contribution in [1.82, 2.24) is 9.38 Å². The molecule has 2 heterocycles. The average molecular weight is 264 g/mol. The molecule has 0 saturated heterocycles. The summed E-state index contributed by atoms with van der Waals surface area (Å²) in [5, 5.41) is 2.44. The molecule has 0 spiro atoms. The Hall–Kier alpha value is -2.42. The molecule has 4 rings (SSSR count). The number of rotatable bonds is 1. The predicted molar refractivity (Wildman–Crippen MR) is 79.5 cm³/mol. The Morgan fingerprint density at radius 2 is 1.85 bits per heavy atom. The van der Waals surface area contributed by atoms with Gasteiger partial charge in [0, 0.05) is 22.4 Å². The van der Waals surface area contributed by atoms with Gasteiger partial charge in [0.25, 0.3) is 0 Å². The van der Waals surface area contributed by atoms with E-state index in [9.17, 15) is 4.39 Å². The van der Waals surface area contributed by atoms with Crippen LogP contribution in [-0.4, -0.2) is 9.38 Å². The maximum atomic E-state index is 14.3. The zero-order valence-electron chi connectivity index (χ0n) is 11.1. The highest BCUT2D eigenvalue weighted by atomic mass is 19.1. The van der Waals surface area contributed by atoms with Crippen LogP contribution in [0.5, 0.6) is 0 Å². The van der Waals surface area contributed by atoms with Crippen LogP contribution < -0.4 is 0 Å². The van der Waals surface area contributed by atoms with Crippen molar-refractivity contribution in [2.24, 2.45) is 0 Å². The molecule has 0 amide bonds. The molecule has 2 nitrogen and oxygen atoms in total. The zero-order valence-corrected chi connectivity index (χ0v) is 11.1. The standard InChI is InChI=1S/C17H13FN2/c1-2-11-10-20-15-9-4-3-6-12(15)16-13(17(20)19-11)7-5-8-14(16)18/h3-10H,2H2,1H3. The normalized spacial score (nSPS) is 11.7. The van der Waals surface area contributed by atoms with E-state index in [0.29, 0.717) is 5.39 Å². The maximum absolute atomic E-state index is 14.3. The van der Waals surface area contributed by atoms with Gasteiger partial charge in [-0.25, -0.2) is 9.37 Å². The molecule has 0 bridgehead atoms. The Labute approximate surface area is 115 Å². The highest BCUT2D eigenvalue weighted by Crippen LogP contribution is 2.31. The van der Waals surface area contributed by atoms with Crippen LogP contribution >= 0.6 is 0 Å². The Morgan fingerprint density at radius 1 is 1.05 bits per heavy atom. The summed E-state index contributed by atoms with van der Waals surface area (Å²) in [4.78, 5) is 4.65. The summed E-state index contributed by atoms with van der Waals surface area (Å²) < 4.78 is 16.4. The topological polar surface area (TPSA) is 17.3 Å². The number of fused-ring (bicyclic) bond motifs is 6. The van der Waals surface area contributed by atoms with Crippen molar-refractivity contribution in [3.8, 4) is 0 Å². The van der Waals surface area contributed by atoms with Crippen LogP contribution in [-0.2, 0) is 6.42 Å². The number of imidazole rings is 1. The largest absolute Gasteiger partial charge is 0.299 e. The minimum absolute atomic E-state index is 0.192. The van der Waals surface area contributed by atoms with E-state index >= 15 is 0 Å². The van der Waals surface area contributed by atoms with Crippen molar-refractivity contribution in [2.75, 3.05) is 0 Å². The first-order valence-corrected chi connectivity index (χ1v) is 6.76. The fourth-order valence-electron chi connectivity index (χ4n) is 2.85. The van der Waals surface area contributed by atoms with Crippen LogP contribution in [0.1, 0.15) is 12.6 Å². The first-order valence-electron chi connectivity index (χ1n) is 6.76. The number of benzene rings is 2. The van der Waals surface area contributed by atoms with E-state index < -0.39 is 0 Å². The molecule has 2 aromatic carbocycles. The number of aryl methyl sites for hydroxylation is 1. The number of nitrogens with zero attached hydrogens (tertiary/aromatic N) is 2. The summed E-state index contributed by atoms with van der Waals surface area (Å²) in [6.07, 6.45) is 2.91. The molecule has 3 heteroatoms. The van der Waals surface area contributed by atoms with Gasteiger partial charge in [-0.3, -0.25) is 4.40 Å². The molecule has 0 aliphatic rings. The highest BCUT2D eigenvalue weighted by Gasteiger charge is 2.13. The lowest BCUT2D eigenvalue weighted by Crippen LogP contribution is -1.91. The third-order valence-corrected chi connectivity index (χ3v) is 3.81. The van der Waals surface area contributed by atoms with Crippen LogP contribution in [0.3, 0.4) is 0 Å². The summed E-state index contributed by atoms with van der Waals surface area (Å²) in [5.74, 6) is -0.192. The summed E-state index contributed by atoms with van der Waals surface area (Å²) >= 11 is 0. The maximum Gasteiger partial charge on any atom is 0.145 e. The fourth-order valence-corrected chi connectivity index (χ4v) is 2.85. The lowest BCUT2D eigenvalue weighted by atomic mass is 10.1. The average Bonchev–Trinajstić information content (AvgIpc) is 2.92. The van der Waals surface area contributed by atoms with Gasteiger partial charge >= 0.3 is 0 Å². The summed E-state index contributed by atoms with van der Waals surface area (Å²) in [6, 6.07) is 13.1. The predicted octanol–water partition coefficient (Wildman–Crippen LogP) is 4.34. The van der Waals surface area contributed by atoms with E-state index in [1.807, 2.05) is 36.5 Å². The number of hydrogen-bond acceptors (Lipinski definition) is 1. The Morgan fingerprint density at radius 3 is 2.70 bits per heavy atom. The molecule has 0 aliphatic heterocycles.